The zero-order valence-electron chi connectivity index (χ0n) is 5.28. The van der Waals surface area contributed by atoms with E-state index in [-0.39, 0.29) is 0 Å². The van der Waals surface area contributed by atoms with Crippen molar-refractivity contribution >= 4 is 0 Å². The minimum atomic E-state index is 0.579. The third-order valence-electron chi connectivity index (χ3n) is 1.94. The van der Waals surface area contributed by atoms with Gasteiger partial charge in [0.1, 0.15) is 0 Å². The van der Waals surface area contributed by atoms with Crippen LogP contribution < -0.4 is 0 Å². The predicted octanol–water partition coefficient (Wildman–Crippen LogP) is 2.09. The van der Waals surface area contributed by atoms with Crippen LogP contribution in [0.3, 0.4) is 0 Å². The Bertz CT molecular complexity index is 117. The molecule has 0 radical (unpaired) electrons. The van der Waals surface area contributed by atoms with Crippen LogP contribution in [0.25, 0.3) is 0 Å². The van der Waals surface area contributed by atoms with Crippen molar-refractivity contribution < 1.29 is 0 Å². The van der Waals surface area contributed by atoms with Crippen LogP contribution in [0.1, 0.15) is 32.6 Å². The molecule has 0 aromatic heterocycles. The summed E-state index contributed by atoms with van der Waals surface area (Å²) in [6.07, 6.45) is 4.54. The second-order valence-corrected chi connectivity index (χ2v) is 2.97. The largest absolute Gasteiger partial charge is 0.198 e. The molecule has 0 atom stereocenters. The number of rotatable bonds is 2. The fourth-order valence-electron chi connectivity index (χ4n) is 0.821. The molecule has 44 valence electrons. The molecule has 0 heterocycles. The lowest BCUT2D eigenvalue weighted by atomic mass is 10.0. The minimum absolute atomic E-state index is 0.579. The highest BCUT2D eigenvalue weighted by Crippen LogP contribution is 2.48. The second kappa shape index (κ2) is 1.78. The molecule has 1 fully saturated rings. The maximum atomic E-state index is 8.21. The van der Waals surface area contributed by atoms with Gasteiger partial charge < -0.3 is 0 Å². The molecule has 1 heteroatoms. The predicted molar refractivity (Wildman–Crippen MR) is 32.2 cm³/mol. The Morgan fingerprint density at radius 2 is 2.25 bits per heavy atom. The first-order chi connectivity index (χ1) is 3.77. The summed E-state index contributed by atoms with van der Waals surface area (Å²) in [4.78, 5) is 0. The first-order valence-corrected chi connectivity index (χ1v) is 3.14. The van der Waals surface area contributed by atoms with Gasteiger partial charge in [-0.05, 0) is 24.7 Å². The van der Waals surface area contributed by atoms with Crippen molar-refractivity contribution in [3.05, 3.63) is 0 Å². The summed E-state index contributed by atoms with van der Waals surface area (Å²) < 4.78 is 0. The van der Waals surface area contributed by atoms with Gasteiger partial charge in [-0.3, -0.25) is 0 Å². The molecule has 0 unspecified atom stereocenters. The normalized spacial score (nSPS) is 22.0. The van der Waals surface area contributed by atoms with Crippen molar-refractivity contribution in [1.29, 1.82) is 5.26 Å². The molecule has 1 aliphatic rings. The highest BCUT2D eigenvalue weighted by atomic mass is 14.4. The van der Waals surface area contributed by atoms with Gasteiger partial charge in [-0.1, -0.05) is 6.92 Å². The van der Waals surface area contributed by atoms with E-state index in [9.17, 15) is 0 Å². The lowest BCUT2D eigenvalue weighted by molar-refractivity contribution is 0.527. The Labute approximate surface area is 50.3 Å². The van der Waals surface area contributed by atoms with Crippen LogP contribution in [-0.4, -0.2) is 0 Å². The van der Waals surface area contributed by atoms with E-state index >= 15 is 0 Å². The quantitative estimate of drug-likeness (QED) is 0.532. The molecule has 1 saturated carbocycles. The van der Waals surface area contributed by atoms with Gasteiger partial charge in [0, 0.05) is 6.42 Å². The third kappa shape index (κ3) is 1.23. The van der Waals surface area contributed by atoms with Crippen molar-refractivity contribution in [2.24, 2.45) is 5.41 Å². The van der Waals surface area contributed by atoms with Gasteiger partial charge in [0.05, 0.1) is 6.07 Å². The number of hydrogen-bond donors (Lipinski definition) is 0. The minimum Gasteiger partial charge on any atom is -0.198 e. The number of hydrogen-bond acceptors (Lipinski definition) is 1. The molecule has 0 N–H and O–H groups in total. The zero-order chi connectivity index (χ0) is 6.04. The van der Waals surface area contributed by atoms with Crippen LogP contribution in [0, 0.1) is 16.7 Å². The molecular weight excluding hydrogens is 98.1 g/mol. The van der Waals surface area contributed by atoms with Crippen LogP contribution >= 0.6 is 0 Å². The Hall–Kier alpha value is -0.510. The molecule has 1 aliphatic carbocycles. The van der Waals surface area contributed by atoms with Gasteiger partial charge >= 0.3 is 0 Å². The lowest BCUT2D eigenvalue weighted by Gasteiger charge is -2.00. The number of nitrogens with zero attached hydrogens (tertiary/aromatic N) is 1. The summed E-state index contributed by atoms with van der Waals surface area (Å²) in [5.74, 6) is 0. The highest BCUT2D eigenvalue weighted by Gasteiger charge is 2.35. The van der Waals surface area contributed by atoms with Gasteiger partial charge in [-0.15, -0.1) is 0 Å². The van der Waals surface area contributed by atoms with Gasteiger partial charge in [0.25, 0.3) is 0 Å². The molecule has 1 rings (SSSR count). The van der Waals surface area contributed by atoms with Crippen LogP contribution in [0.15, 0.2) is 0 Å². The van der Waals surface area contributed by atoms with Gasteiger partial charge in [-0.25, -0.2) is 0 Å². The molecule has 0 spiro atoms. The van der Waals surface area contributed by atoms with Crippen LogP contribution in [0.5, 0.6) is 0 Å². The van der Waals surface area contributed by atoms with Crippen LogP contribution in [-0.2, 0) is 0 Å². The fraction of sp³-hybridized carbons (Fsp3) is 0.857. The first kappa shape index (κ1) is 5.62. The van der Waals surface area contributed by atoms with E-state index in [1.54, 1.807) is 0 Å². The topological polar surface area (TPSA) is 23.8 Å². The monoisotopic (exact) mass is 109 g/mol. The van der Waals surface area contributed by atoms with E-state index in [1.165, 1.54) is 12.8 Å². The summed E-state index contributed by atoms with van der Waals surface area (Å²) in [6.45, 7) is 2.25. The van der Waals surface area contributed by atoms with Crippen molar-refractivity contribution in [1.82, 2.24) is 0 Å². The lowest BCUT2D eigenvalue weighted by Crippen LogP contribution is -1.89. The highest BCUT2D eigenvalue weighted by molar-refractivity contribution is 4.90. The Morgan fingerprint density at radius 3 is 2.62 bits per heavy atom. The number of nitriles is 1. The average molecular weight is 109 g/mol. The summed E-state index contributed by atoms with van der Waals surface area (Å²) in [5, 5.41) is 8.21. The fourth-order valence-corrected chi connectivity index (χ4v) is 0.821. The Morgan fingerprint density at radius 1 is 1.62 bits per heavy atom. The van der Waals surface area contributed by atoms with E-state index in [0.717, 1.165) is 12.8 Å². The van der Waals surface area contributed by atoms with Crippen molar-refractivity contribution in [2.75, 3.05) is 0 Å². The maximum absolute atomic E-state index is 8.21. The van der Waals surface area contributed by atoms with Gasteiger partial charge in [0.2, 0.25) is 0 Å². The molecule has 8 heavy (non-hydrogen) atoms. The standard InChI is InChI=1S/C7H11N/c1-7(4-5-7)3-2-6-8/h2-5H2,1H3. The van der Waals surface area contributed by atoms with E-state index in [1.807, 2.05) is 0 Å². The van der Waals surface area contributed by atoms with Gasteiger partial charge in [0.15, 0.2) is 0 Å². The molecule has 0 saturated heterocycles. The Kier molecular flexibility index (Phi) is 1.25. The zero-order valence-corrected chi connectivity index (χ0v) is 5.28. The average Bonchev–Trinajstić information content (AvgIpc) is 2.45. The summed E-state index contributed by atoms with van der Waals surface area (Å²) >= 11 is 0. The molecule has 0 aromatic rings. The van der Waals surface area contributed by atoms with E-state index < -0.39 is 0 Å². The molecular formula is C7H11N. The molecule has 0 aromatic carbocycles. The smallest absolute Gasteiger partial charge is 0.0621 e. The van der Waals surface area contributed by atoms with Crippen molar-refractivity contribution in [3.63, 3.8) is 0 Å². The molecule has 0 bridgehead atoms. The van der Waals surface area contributed by atoms with Crippen LogP contribution in [0.2, 0.25) is 0 Å². The van der Waals surface area contributed by atoms with E-state index in [0.29, 0.717) is 5.41 Å². The summed E-state index contributed by atoms with van der Waals surface area (Å²) in [5.41, 5.74) is 0.579. The van der Waals surface area contributed by atoms with Gasteiger partial charge in [-0.2, -0.15) is 5.26 Å². The third-order valence-corrected chi connectivity index (χ3v) is 1.94. The molecule has 0 aliphatic heterocycles. The maximum Gasteiger partial charge on any atom is 0.0621 e. The van der Waals surface area contributed by atoms with E-state index in [2.05, 4.69) is 13.0 Å². The first-order valence-electron chi connectivity index (χ1n) is 3.14. The van der Waals surface area contributed by atoms with Crippen molar-refractivity contribution in [3.8, 4) is 6.07 Å². The van der Waals surface area contributed by atoms with Crippen LogP contribution in [0.4, 0.5) is 0 Å². The Balaban J connectivity index is 2.12. The van der Waals surface area contributed by atoms with Crippen molar-refractivity contribution in [2.45, 2.75) is 32.6 Å². The van der Waals surface area contributed by atoms with E-state index in [4.69, 9.17) is 5.26 Å². The summed E-state index contributed by atoms with van der Waals surface area (Å²) in [6, 6.07) is 2.16. The second-order valence-electron chi connectivity index (χ2n) is 2.97. The molecule has 0 amide bonds. The summed E-state index contributed by atoms with van der Waals surface area (Å²) in [7, 11) is 0. The SMILES string of the molecule is CC1(CCC#N)CC1. The molecule has 1 nitrogen and oxygen atoms in total.